The Morgan fingerprint density at radius 2 is 1.05 bits per heavy atom. The van der Waals surface area contributed by atoms with Gasteiger partial charge in [0.25, 0.3) is 0 Å². The van der Waals surface area contributed by atoms with Crippen LogP contribution in [-0.2, 0) is 25.4 Å². The number of aryl methyl sites for hydroxylation is 2. The molecule has 0 aliphatic heterocycles. The zero-order valence-corrected chi connectivity index (χ0v) is 20.8. The Morgan fingerprint density at radius 1 is 0.525 bits per heavy atom. The lowest BCUT2D eigenvalue weighted by molar-refractivity contribution is -0.142. The molecule has 0 bridgehead atoms. The molecular formula is C30H20F10. The minimum Gasteiger partial charge on any atom is -0.207 e. The summed E-state index contributed by atoms with van der Waals surface area (Å²) in [6, 6.07) is 8.12. The van der Waals surface area contributed by atoms with E-state index in [1.807, 2.05) is 6.92 Å². The SMILES string of the molecule is CCCc1ccc(-c2cc(F)c(-c3cc(F)c(CCc4cc(F)c(C(F)(F)F)c(F)c4)c(F)c3)c(F)c2)c(F)c1. The van der Waals surface area contributed by atoms with Gasteiger partial charge in [0, 0.05) is 11.1 Å². The van der Waals surface area contributed by atoms with Crippen LogP contribution in [0.5, 0.6) is 0 Å². The van der Waals surface area contributed by atoms with E-state index in [9.17, 15) is 43.9 Å². The highest BCUT2D eigenvalue weighted by Gasteiger charge is 2.37. The highest BCUT2D eigenvalue weighted by atomic mass is 19.4. The summed E-state index contributed by atoms with van der Waals surface area (Å²) in [4.78, 5) is 0. The van der Waals surface area contributed by atoms with Crippen molar-refractivity contribution in [3.8, 4) is 22.3 Å². The average molecular weight is 570 g/mol. The first kappa shape index (κ1) is 29.2. The van der Waals surface area contributed by atoms with Gasteiger partial charge >= 0.3 is 6.18 Å². The van der Waals surface area contributed by atoms with Crippen molar-refractivity contribution < 1.29 is 43.9 Å². The zero-order valence-electron chi connectivity index (χ0n) is 20.8. The third kappa shape index (κ3) is 6.00. The molecule has 0 N–H and O–H groups in total. The van der Waals surface area contributed by atoms with E-state index >= 15 is 0 Å². The molecule has 0 saturated carbocycles. The summed E-state index contributed by atoms with van der Waals surface area (Å²) in [5.74, 6) is -9.29. The van der Waals surface area contributed by atoms with Gasteiger partial charge in [-0.05, 0) is 84.0 Å². The van der Waals surface area contributed by atoms with E-state index in [1.165, 1.54) is 12.1 Å². The van der Waals surface area contributed by atoms with Crippen molar-refractivity contribution >= 4 is 0 Å². The summed E-state index contributed by atoms with van der Waals surface area (Å²) in [6.07, 6.45) is -4.82. The molecule has 0 amide bonds. The average Bonchev–Trinajstić information content (AvgIpc) is 2.82. The highest BCUT2D eigenvalue weighted by Crippen LogP contribution is 2.36. The monoisotopic (exact) mass is 570 g/mol. The molecular weight excluding hydrogens is 550 g/mol. The minimum atomic E-state index is -5.27. The normalized spacial score (nSPS) is 11.8. The molecule has 4 rings (SSSR count). The molecule has 0 nitrogen and oxygen atoms in total. The van der Waals surface area contributed by atoms with Gasteiger partial charge in [0.05, 0.1) is 5.56 Å². The smallest absolute Gasteiger partial charge is 0.207 e. The number of rotatable bonds is 7. The van der Waals surface area contributed by atoms with E-state index in [0.29, 0.717) is 36.2 Å². The van der Waals surface area contributed by atoms with Gasteiger partial charge in [-0.1, -0.05) is 25.5 Å². The first-order valence-corrected chi connectivity index (χ1v) is 12.1. The molecule has 0 spiro atoms. The summed E-state index contributed by atoms with van der Waals surface area (Å²) in [5, 5.41) is 0. The van der Waals surface area contributed by atoms with Crippen molar-refractivity contribution in [3.63, 3.8) is 0 Å². The van der Waals surface area contributed by atoms with Gasteiger partial charge in [-0.2, -0.15) is 13.2 Å². The van der Waals surface area contributed by atoms with Crippen LogP contribution >= 0.6 is 0 Å². The molecule has 0 aromatic heterocycles. The fourth-order valence-corrected chi connectivity index (χ4v) is 4.54. The molecule has 0 fully saturated rings. The first-order valence-electron chi connectivity index (χ1n) is 12.1. The quantitative estimate of drug-likeness (QED) is 0.194. The van der Waals surface area contributed by atoms with Gasteiger partial charge in [0.15, 0.2) is 0 Å². The van der Waals surface area contributed by atoms with Crippen LogP contribution in [-0.4, -0.2) is 0 Å². The van der Waals surface area contributed by atoms with Gasteiger partial charge in [0.2, 0.25) is 0 Å². The van der Waals surface area contributed by atoms with Crippen LogP contribution in [0, 0.1) is 40.7 Å². The Hall–Kier alpha value is -3.82. The molecule has 0 heterocycles. The number of hydrogen-bond acceptors (Lipinski definition) is 0. The molecule has 4 aromatic carbocycles. The lowest BCUT2D eigenvalue weighted by Crippen LogP contribution is -2.12. The second kappa shape index (κ2) is 11.3. The Bertz CT molecular complexity index is 1500. The number of alkyl halides is 3. The van der Waals surface area contributed by atoms with Crippen molar-refractivity contribution in [2.45, 2.75) is 38.8 Å². The molecule has 0 atom stereocenters. The van der Waals surface area contributed by atoms with Crippen LogP contribution in [0.2, 0.25) is 0 Å². The van der Waals surface area contributed by atoms with Crippen molar-refractivity contribution in [2.24, 2.45) is 0 Å². The van der Waals surface area contributed by atoms with E-state index in [0.717, 1.165) is 18.6 Å². The van der Waals surface area contributed by atoms with Crippen LogP contribution < -0.4 is 0 Å². The van der Waals surface area contributed by atoms with Crippen LogP contribution in [0.1, 0.15) is 35.6 Å². The van der Waals surface area contributed by atoms with Gasteiger partial charge in [-0.25, -0.2) is 30.7 Å². The largest absolute Gasteiger partial charge is 0.422 e. The molecule has 0 aliphatic carbocycles. The van der Waals surface area contributed by atoms with Crippen LogP contribution in [0.3, 0.4) is 0 Å². The maximum atomic E-state index is 15.0. The maximum Gasteiger partial charge on any atom is 0.422 e. The number of halogens is 10. The molecule has 210 valence electrons. The van der Waals surface area contributed by atoms with E-state index < -0.39 is 82.0 Å². The molecule has 10 heteroatoms. The summed E-state index contributed by atoms with van der Waals surface area (Å²) in [7, 11) is 0. The molecule has 0 saturated heterocycles. The van der Waals surface area contributed by atoms with E-state index in [2.05, 4.69) is 0 Å². The minimum absolute atomic E-state index is 0.0620. The topological polar surface area (TPSA) is 0 Å². The van der Waals surface area contributed by atoms with Crippen molar-refractivity contribution in [1.29, 1.82) is 0 Å². The fourth-order valence-electron chi connectivity index (χ4n) is 4.54. The van der Waals surface area contributed by atoms with E-state index in [1.54, 1.807) is 6.07 Å². The predicted molar refractivity (Wildman–Crippen MR) is 130 cm³/mol. The van der Waals surface area contributed by atoms with Gasteiger partial charge in [-0.3, -0.25) is 0 Å². The second-order valence-corrected chi connectivity index (χ2v) is 9.23. The standard InChI is InChI=1S/C30H20F10/c1-2-3-15-4-6-19(21(31)8-15)17-11-24(34)28(25(35)12-17)18-13-22(32)20(23(33)14-18)7-5-16-9-26(36)29(27(37)10-16)30(38,39)40/h4,6,8-14H,2-3,5,7H2,1H3. The van der Waals surface area contributed by atoms with Crippen molar-refractivity contribution in [2.75, 3.05) is 0 Å². The van der Waals surface area contributed by atoms with Gasteiger partial charge in [0.1, 0.15) is 46.3 Å². The molecule has 0 radical (unpaired) electrons. The van der Waals surface area contributed by atoms with Gasteiger partial charge < -0.3 is 0 Å². The maximum absolute atomic E-state index is 15.0. The van der Waals surface area contributed by atoms with Crippen molar-refractivity contribution in [3.05, 3.63) is 118 Å². The Balaban J connectivity index is 1.61. The molecule has 4 aromatic rings. The van der Waals surface area contributed by atoms with E-state index in [-0.39, 0.29) is 16.7 Å². The summed E-state index contributed by atoms with van der Waals surface area (Å²) in [6.45, 7) is 1.91. The van der Waals surface area contributed by atoms with E-state index in [4.69, 9.17) is 0 Å². The van der Waals surface area contributed by atoms with Crippen molar-refractivity contribution in [1.82, 2.24) is 0 Å². The lowest BCUT2D eigenvalue weighted by Gasteiger charge is -2.13. The lowest BCUT2D eigenvalue weighted by atomic mass is 9.95. The van der Waals surface area contributed by atoms with Crippen LogP contribution in [0.25, 0.3) is 22.3 Å². The summed E-state index contributed by atoms with van der Waals surface area (Å²) >= 11 is 0. The van der Waals surface area contributed by atoms with Crippen LogP contribution in [0.15, 0.2) is 54.6 Å². The second-order valence-electron chi connectivity index (χ2n) is 9.23. The summed E-state index contributed by atoms with van der Waals surface area (Å²) in [5.41, 5.74) is -3.69. The van der Waals surface area contributed by atoms with Crippen LogP contribution in [0.4, 0.5) is 43.9 Å². The summed E-state index contributed by atoms with van der Waals surface area (Å²) < 4.78 is 140. The number of benzene rings is 4. The predicted octanol–water partition coefficient (Wildman–Crippen LogP) is 9.75. The third-order valence-corrected chi connectivity index (χ3v) is 6.40. The highest BCUT2D eigenvalue weighted by molar-refractivity contribution is 5.72. The molecule has 0 unspecified atom stereocenters. The Morgan fingerprint density at radius 3 is 1.55 bits per heavy atom. The number of hydrogen-bond donors (Lipinski definition) is 0. The Kier molecular flexibility index (Phi) is 8.28. The first-order chi connectivity index (χ1) is 18.8. The molecule has 0 aliphatic rings. The van der Waals surface area contributed by atoms with Gasteiger partial charge in [-0.15, -0.1) is 0 Å². The third-order valence-electron chi connectivity index (χ3n) is 6.40. The zero-order chi connectivity index (χ0) is 29.4. The Labute approximate surface area is 222 Å². The fraction of sp³-hybridized carbons (Fsp3) is 0.200. The molecule has 40 heavy (non-hydrogen) atoms.